The molecule has 1 aliphatic rings. The third-order valence-electron chi connectivity index (χ3n) is 4.51. The molecule has 0 aliphatic heterocycles. The van der Waals surface area contributed by atoms with Crippen LogP contribution in [0.15, 0.2) is 10.7 Å². The molecule has 1 fully saturated rings. The highest BCUT2D eigenvalue weighted by atomic mass is 79.9. The summed E-state index contributed by atoms with van der Waals surface area (Å²) in [5, 5.41) is 15.3. The van der Waals surface area contributed by atoms with Crippen molar-refractivity contribution in [2.75, 3.05) is 14.1 Å². The van der Waals surface area contributed by atoms with Crippen LogP contribution in [-0.4, -0.2) is 39.4 Å². The van der Waals surface area contributed by atoms with Crippen molar-refractivity contribution < 1.29 is 5.11 Å². The molecule has 1 unspecified atom stereocenters. The van der Waals surface area contributed by atoms with E-state index in [0.29, 0.717) is 0 Å². The number of aliphatic hydroxyl groups is 1. The van der Waals surface area contributed by atoms with Crippen LogP contribution in [-0.2, 0) is 6.54 Å². The zero-order valence-corrected chi connectivity index (χ0v) is 13.7. The molecule has 0 saturated heterocycles. The molecular weight excluding hydrogens is 306 g/mol. The van der Waals surface area contributed by atoms with E-state index in [1.165, 1.54) is 19.3 Å². The fourth-order valence-electron chi connectivity index (χ4n) is 3.28. The Morgan fingerprint density at radius 2 is 2.05 bits per heavy atom. The number of halogens is 1. The summed E-state index contributed by atoms with van der Waals surface area (Å²) in [6, 6.07) is 0. The van der Waals surface area contributed by atoms with Crippen LogP contribution in [0.4, 0.5) is 0 Å². The molecule has 1 atom stereocenters. The van der Waals surface area contributed by atoms with Gasteiger partial charge in [-0.1, -0.05) is 19.3 Å². The molecule has 5 heteroatoms. The Morgan fingerprint density at radius 3 is 2.58 bits per heavy atom. The van der Waals surface area contributed by atoms with E-state index in [1.807, 2.05) is 4.68 Å². The second-order valence-electron chi connectivity index (χ2n) is 5.65. The van der Waals surface area contributed by atoms with Crippen LogP contribution in [0.2, 0.25) is 0 Å². The Hall–Kier alpha value is -0.390. The normalized spacial score (nSPS) is 20.7. The van der Waals surface area contributed by atoms with Crippen molar-refractivity contribution in [2.45, 2.75) is 57.2 Å². The van der Waals surface area contributed by atoms with E-state index in [-0.39, 0.29) is 5.54 Å². The van der Waals surface area contributed by atoms with E-state index in [1.54, 1.807) is 6.20 Å². The summed E-state index contributed by atoms with van der Waals surface area (Å²) >= 11 is 3.54. The second kappa shape index (κ2) is 5.94. The van der Waals surface area contributed by atoms with Gasteiger partial charge in [0.2, 0.25) is 0 Å². The molecule has 108 valence electrons. The number of aryl methyl sites for hydroxylation is 1. The molecule has 1 aliphatic carbocycles. The van der Waals surface area contributed by atoms with Crippen molar-refractivity contribution in [3.8, 4) is 0 Å². The number of nitrogens with zero attached hydrogens (tertiary/aromatic N) is 3. The van der Waals surface area contributed by atoms with Crippen LogP contribution in [0.1, 0.15) is 50.8 Å². The maximum atomic E-state index is 11.0. The van der Waals surface area contributed by atoms with Gasteiger partial charge in [-0.3, -0.25) is 4.68 Å². The molecule has 0 amide bonds. The van der Waals surface area contributed by atoms with Gasteiger partial charge in [0.1, 0.15) is 6.10 Å². The minimum Gasteiger partial charge on any atom is -0.385 e. The van der Waals surface area contributed by atoms with Crippen LogP contribution in [0.5, 0.6) is 0 Å². The maximum absolute atomic E-state index is 11.0. The Labute approximate surface area is 123 Å². The van der Waals surface area contributed by atoms with Crippen molar-refractivity contribution in [1.82, 2.24) is 14.7 Å². The van der Waals surface area contributed by atoms with Gasteiger partial charge in [0.25, 0.3) is 0 Å². The Morgan fingerprint density at radius 1 is 1.42 bits per heavy atom. The third-order valence-corrected chi connectivity index (χ3v) is 5.12. The molecule has 0 spiro atoms. The number of aliphatic hydroxyl groups excluding tert-OH is 1. The molecule has 0 bridgehead atoms. The first-order chi connectivity index (χ1) is 9.03. The molecule has 4 nitrogen and oxygen atoms in total. The Bertz CT molecular complexity index is 424. The fraction of sp³-hybridized carbons (Fsp3) is 0.786. The van der Waals surface area contributed by atoms with Crippen molar-refractivity contribution in [2.24, 2.45) is 0 Å². The van der Waals surface area contributed by atoms with Gasteiger partial charge < -0.3 is 10.0 Å². The highest BCUT2D eigenvalue weighted by Gasteiger charge is 2.43. The smallest absolute Gasteiger partial charge is 0.115 e. The van der Waals surface area contributed by atoms with E-state index in [4.69, 9.17) is 0 Å². The van der Waals surface area contributed by atoms with Crippen LogP contribution in [0.25, 0.3) is 0 Å². The number of likely N-dealkylation sites (N-methyl/N-ethyl adjacent to an activating group) is 1. The van der Waals surface area contributed by atoms with Gasteiger partial charge in [-0.25, -0.2) is 0 Å². The van der Waals surface area contributed by atoms with Gasteiger partial charge in [-0.05, 0) is 49.8 Å². The molecule has 1 aromatic rings. The summed E-state index contributed by atoms with van der Waals surface area (Å²) in [5.41, 5.74) is 0.756. The van der Waals surface area contributed by atoms with Crippen LogP contribution < -0.4 is 0 Å². The highest BCUT2D eigenvalue weighted by Crippen LogP contribution is 2.43. The van der Waals surface area contributed by atoms with Crippen molar-refractivity contribution in [3.63, 3.8) is 0 Å². The van der Waals surface area contributed by atoms with E-state index in [9.17, 15) is 5.11 Å². The SMILES string of the molecule is CCn1ncc(Br)c1C(O)C1(N(C)C)CCCCC1. The van der Waals surface area contributed by atoms with Gasteiger partial charge in [-0.2, -0.15) is 5.10 Å². The van der Waals surface area contributed by atoms with E-state index >= 15 is 0 Å². The fourth-order valence-corrected chi connectivity index (χ4v) is 3.79. The average molecular weight is 330 g/mol. The Balaban J connectivity index is 2.39. The van der Waals surface area contributed by atoms with Crippen LogP contribution >= 0.6 is 15.9 Å². The lowest BCUT2D eigenvalue weighted by Crippen LogP contribution is -2.51. The molecule has 1 heterocycles. The summed E-state index contributed by atoms with van der Waals surface area (Å²) in [4.78, 5) is 2.20. The minimum absolute atomic E-state index is 0.159. The minimum atomic E-state index is -0.500. The van der Waals surface area contributed by atoms with Crippen LogP contribution in [0, 0.1) is 0 Å². The van der Waals surface area contributed by atoms with E-state index in [2.05, 4.69) is 46.9 Å². The van der Waals surface area contributed by atoms with E-state index in [0.717, 1.165) is 29.6 Å². The summed E-state index contributed by atoms with van der Waals surface area (Å²) in [6.07, 6.45) is 7.02. The molecule has 19 heavy (non-hydrogen) atoms. The van der Waals surface area contributed by atoms with Crippen molar-refractivity contribution in [1.29, 1.82) is 0 Å². The zero-order valence-electron chi connectivity index (χ0n) is 12.1. The first-order valence-corrected chi connectivity index (χ1v) is 7.89. The quantitative estimate of drug-likeness (QED) is 0.923. The maximum Gasteiger partial charge on any atom is 0.115 e. The monoisotopic (exact) mass is 329 g/mol. The largest absolute Gasteiger partial charge is 0.385 e. The summed E-state index contributed by atoms with van der Waals surface area (Å²) in [6.45, 7) is 2.83. The molecule has 1 saturated carbocycles. The predicted octanol–water partition coefficient (Wildman–Crippen LogP) is 2.96. The zero-order chi connectivity index (χ0) is 14.0. The van der Waals surface area contributed by atoms with Crippen LogP contribution in [0.3, 0.4) is 0 Å². The van der Waals surface area contributed by atoms with Gasteiger partial charge in [-0.15, -0.1) is 0 Å². The molecule has 1 N–H and O–H groups in total. The van der Waals surface area contributed by atoms with E-state index < -0.39 is 6.10 Å². The topological polar surface area (TPSA) is 41.3 Å². The summed E-state index contributed by atoms with van der Waals surface area (Å²) in [5.74, 6) is 0. The number of hydrogen-bond donors (Lipinski definition) is 1. The standard InChI is InChI=1S/C14H24BrN3O/c1-4-18-12(11(15)10-16-18)13(19)14(17(2)3)8-6-5-7-9-14/h10,13,19H,4-9H2,1-3H3. The molecule has 0 radical (unpaired) electrons. The average Bonchev–Trinajstić information content (AvgIpc) is 2.79. The van der Waals surface area contributed by atoms with Gasteiger partial charge in [0.05, 0.1) is 21.9 Å². The van der Waals surface area contributed by atoms with Crippen molar-refractivity contribution >= 4 is 15.9 Å². The molecule has 0 aromatic carbocycles. The third kappa shape index (κ3) is 2.60. The number of rotatable bonds is 4. The first-order valence-electron chi connectivity index (χ1n) is 7.09. The van der Waals surface area contributed by atoms with Gasteiger partial charge in [0.15, 0.2) is 0 Å². The van der Waals surface area contributed by atoms with Crippen molar-refractivity contribution in [3.05, 3.63) is 16.4 Å². The first kappa shape index (κ1) is 15.0. The lowest BCUT2D eigenvalue weighted by molar-refractivity contribution is -0.0382. The lowest BCUT2D eigenvalue weighted by Gasteiger charge is -2.46. The highest BCUT2D eigenvalue weighted by molar-refractivity contribution is 9.10. The molecule has 2 rings (SSSR count). The summed E-state index contributed by atoms with van der Waals surface area (Å²) < 4.78 is 2.81. The lowest BCUT2D eigenvalue weighted by atomic mass is 9.75. The Kier molecular flexibility index (Phi) is 4.69. The van der Waals surface area contributed by atoms with Gasteiger partial charge >= 0.3 is 0 Å². The molecular formula is C14H24BrN3O. The summed E-state index contributed by atoms with van der Waals surface area (Å²) in [7, 11) is 4.16. The number of hydrogen-bond acceptors (Lipinski definition) is 3. The molecule has 1 aromatic heterocycles. The second-order valence-corrected chi connectivity index (χ2v) is 6.51. The van der Waals surface area contributed by atoms with Gasteiger partial charge in [0, 0.05) is 6.54 Å². The predicted molar refractivity (Wildman–Crippen MR) is 80.1 cm³/mol. The number of aromatic nitrogens is 2.